The third-order valence-electron chi connectivity index (χ3n) is 2.95. The van der Waals surface area contributed by atoms with Gasteiger partial charge in [-0.15, -0.1) is 0 Å². The maximum Gasteiger partial charge on any atom is 0.231 e. The number of oxime groups is 1. The second-order valence-electron chi connectivity index (χ2n) is 4.45. The quantitative estimate of drug-likeness (QED) is 0.763. The molecule has 0 spiro atoms. The molecule has 3 N–H and O–H groups in total. The molecule has 0 radical (unpaired) electrons. The highest BCUT2D eigenvalue weighted by molar-refractivity contribution is 6.00. The first-order valence-corrected chi connectivity index (χ1v) is 5.92. The Kier molecular flexibility index (Phi) is 3.37. The zero-order valence-electron chi connectivity index (χ0n) is 10.5. The molecule has 0 saturated carbocycles. The number of unbranched alkanes of at least 4 members (excludes halogenated alkanes) is 2. The van der Waals surface area contributed by atoms with Crippen LogP contribution in [0, 0.1) is 0 Å². The van der Waals surface area contributed by atoms with Gasteiger partial charge in [0.15, 0.2) is 11.5 Å². The lowest BCUT2D eigenvalue weighted by atomic mass is 10.1. The van der Waals surface area contributed by atoms with E-state index in [1.54, 1.807) is 6.92 Å². The fraction of sp³-hybridized carbons (Fsp3) is 0.700. The monoisotopic (exact) mass is 255 g/mol. The molecule has 1 aromatic heterocycles. The Balaban J connectivity index is 2.08. The van der Waals surface area contributed by atoms with E-state index in [1.807, 2.05) is 0 Å². The van der Waals surface area contributed by atoms with Crippen molar-refractivity contribution in [2.45, 2.75) is 45.3 Å². The molecule has 0 saturated heterocycles. The lowest BCUT2D eigenvalue weighted by Crippen LogP contribution is -2.44. The second-order valence-corrected chi connectivity index (χ2v) is 4.45. The van der Waals surface area contributed by atoms with Gasteiger partial charge in [0.05, 0.1) is 0 Å². The van der Waals surface area contributed by atoms with Gasteiger partial charge in [-0.25, -0.2) is 4.63 Å². The Morgan fingerprint density at radius 3 is 2.78 bits per heavy atom. The van der Waals surface area contributed by atoms with Gasteiger partial charge in [0.1, 0.15) is 0 Å². The lowest BCUT2D eigenvalue weighted by molar-refractivity contribution is -0.207. The van der Waals surface area contributed by atoms with Gasteiger partial charge in [0.25, 0.3) is 0 Å². The first kappa shape index (κ1) is 12.6. The van der Waals surface area contributed by atoms with Gasteiger partial charge in [0.2, 0.25) is 11.6 Å². The van der Waals surface area contributed by atoms with Crippen LogP contribution < -0.4 is 5.73 Å². The Bertz CT molecular complexity index is 446. The minimum atomic E-state index is -0.893. The van der Waals surface area contributed by atoms with Crippen LogP contribution in [0.25, 0.3) is 0 Å². The summed E-state index contributed by atoms with van der Waals surface area (Å²) in [6, 6.07) is 0. The number of nitrogens with two attached hydrogens (primary N) is 1. The third kappa shape index (κ3) is 2.10. The van der Waals surface area contributed by atoms with Crippen molar-refractivity contribution in [3.63, 3.8) is 0 Å². The fourth-order valence-corrected chi connectivity index (χ4v) is 1.79. The van der Waals surface area contributed by atoms with Crippen molar-refractivity contribution in [3.8, 4) is 0 Å². The molecular formula is C10H17N5O3. The predicted molar refractivity (Wildman–Crippen MR) is 62.5 cm³/mol. The number of rotatable bonds is 5. The van der Waals surface area contributed by atoms with E-state index >= 15 is 0 Å². The number of anilines is 1. The molecule has 1 aliphatic rings. The average Bonchev–Trinajstić information content (AvgIpc) is 2.87. The van der Waals surface area contributed by atoms with E-state index in [0.29, 0.717) is 6.42 Å². The highest BCUT2D eigenvalue weighted by Gasteiger charge is 2.43. The van der Waals surface area contributed by atoms with Crippen molar-refractivity contribution in [2.75, 3.05) is 5.73 Å². The smallest absolute Gasteiger partial charge is 0.231 e. The summed E-state index contributed by atoms with van der Waals surface area (Å²) in [6.45, 7) is 3.86. The highest BCUT2D eigenvalue weighted by Crippen LogP contribution is 2.30. The normalized spacial score (nSPS) is 23.1. The van der Waals surface area contributed by atoms with E-state index in [9.17, 15) is 5.21 Å². The van der Waals surface area contributed by atoms with Crippen molar-refractivity contribution in [1.82, 2.24) is 15.4 Å². The van der Waals surface area contributed by atoms with Gasteiger partial charge in [0, 0.05) is 6.42 Å². The number of hydroxylamine groups is 2. The molecule has 100 valence electrons. The molecule has 0 bridgehead atoms. The Morgan fingerprint density at radius 2 is 2.17 bits per heavy atom. The van der Waals surface area contributed by atoms with Crippen molar-refractivity contribution in [3.05, 3.63) is 5.69 Å². The third-order valence-corrected chi connectivity index (χ3v) is 2.95. The molecule has 18 heavy (non-hydrogen) atoms. The van der Waals surface area contributed by atoms with Crippen molar-refractivity contribution in [1.29, 1.82) is 0 Å². The summed E-state index contributed by atoms with van der Waals surface area (Å²) < 4.78 is 4.47. The molecule has 1 unspecified atom stereocenters. The van der Waals surface area contributed by atoms with Gasteiger partial charge >= 0.3 is 0 Å². The standard InChI is InChI=1S/C10H17N5O3/c1-3-4-5-6-10(2)15(16)9(14-17-10)7-8(11)13-18-12-7/h16H,3-6H2,1-2H3,(H2,11,13). The molecule has 2 heterocycles. The zero-order valence-corrected chi connectivity index (χ0v) is 10.5. The van der Waals surface area contributed by atoms with Crippen LogP contribution in [-0.2, 0) is 4.84 Å². The molecule has 0 aliphatic carbocycles. The van der Waals surface area contributed by atoms with E-state index in [4.69, 9.17) is 10.6 Å². The zero-order chi connectivity index (χ0) is 13.2. The summed E-state index contributed by atoms with van der Waals surface area (Å²) in [6.07, 6.45) is 3.74. The summed E-state index contributed by atoms with van der Waals surface area (Å²) in [4.78, 5) is 5.29. The van der Waals surface area contributed by atoms with Crippen LogP contribution in [0.15, 0.2) is 9.78 Å². The summed E-state index contributed by atoms with van der Waals surface area (Å²) in [5.41, 5.74) is 4.84. The van der Waals surface area contributed by atoms with Crippen LogP contribution in [0.4, 0.5) is 5.82 Å². The van der Waals surface area contributed by atoms with Crippen molar-refractivity contribution < 1.29 is 14.7 Å². The highest BCUT2D eigenvalue weighted by atomic mass is 16.7. The molecule has 1 atom stereocenters. The first-order valence-electron chi connectivity index (χ1n) is 5.92. The van der Waals surface area contributed by atoms with E-state index in [2.05, 4.69) is 27.0 Å². The summed E-state index contributed by atoms with van der Waals surface area (Å²) in [7, 11) is 0. The molecule has 0 aromatic carbocycles. The molecule has 2 rings (SSSR count). The van der Waals surface area contributed by atoms with Crippen LogP contribution in [0.1, 0.15) is 45.2 Å². The molecular weight excluding hydrogens is 238 g/mol. The van der Waals surface area contributed by atoms with Crippen molar-refractivity contribution >= 4 is 11.7 Å². The Morgan fingerprint density at radius 1 is 1.39 bits per heavy atom. The predicted octanol–water partition coefficient (Wildman–Crippen LogP) is 1.33. The van der Waals surface area contributed by atoms with Gasteiger partial charge in [-0.3, -0.25) is 5.21 Å². The maximum absolute atomic E-state index is 10.1. The number of nitrogen functional groups attached to an aromatic ring is 1. The maximum atomic E-state index is 10.1. The fourth-order valence-electron chi connectivity index (χ4n) is 1.79. The van der Waals surface area contributed by atoms with Crippen LogP contribution in [0.3, 0.4) is 0 Å². The molecule has 8 heteroatoms. The van der Waals surface area contributed by atoms with E-state index in [-0.39, 0.29) is 17.3 Å². The Labute approximate surface area is 104 Å². The number of aromatic nitrogens is 2. The summed E-state index contributed by atoms with van der Waals surface area (Å²) >= 11 is 0. The molecule has 8 nitrogen and oxygen atoms in total. The van der Waals surface area contributed by atoms with Gasteiger partial charge in [-0.1, -0.05) is 24.9 Å². The largest absolute Gasteiger partial charge is 0.379 e. The van der Waals surface area contributed by atoms with E-state index < -0.39 is 5.72 Å². The van der Waals surface area contributed by atoms with Crippen molar-refractivity contribution in [2.24, 2.45) is 5.16 Å². The van der Waals surface area contributed by atoms with Gasteiger partial charge < -0.3 is 10.6 Å². The van der Waals surface area contributed by atoms with Crippen LogP contribution in [0.2, 0.25) is 0 Å². The number of nitrogens with zero attached hydrogens (tertiary/aromatic N) is 4. The molecule has 0 fully saturated rings. The lowest BCUT2D eigenvalue weighted by Gasteiger charge is -2.28. The number of hydrogen-bond acceptors (Lipinski definition) is 8. The summed E-state index contributed by atoms with van der Waals surface area (Å²) in [5.74, 6) is 0.182. The van der Waals surface area contributed by atoms with Crippen LogP contribution in [0.5, 0.6) is 0 Å². The topological polar surface area (TPSA) is 110 Å². The minimum absolute atomic E-state index is 0.0641. The average molecular weight is 255 g/mol. The van der Waals surface area contributed by atoms with Gasteiger partial charge in [-0.2, -0.15) is 5.06 Å². The number of amidine groups is 1. The van der Waals surface area contributed by atoms with Crippen LogP contribution in [-0.4, -0.2) is 32.1 Å². The Hall–Kier alpha value is -1.83. The van der Waals surface area contributed by atoms with E-state index in [0.717, 1.165) is 24.3 Å². The molecule has 1 aromatic rings. The minimum Gasteiger partial charge on any atom is -0.379 e. The SMILES string of the molecule is CCCCCC1(C)ON=C(c2nonc2N)N1O. The van der Waals surface area contributed by atoms with E-state index in [1.165, 1.54) is 0 Å². The first-order chi connectivity index (χ1) is 8.58. The van der Waals surface area contributed by atoms with Crippen LogP contribution >= 0.6 is 0 Å². The second kappa shape index (κ2) is 4.81. The molecule has 1 aliphatic heterocycles. The number of hydrogen-bond donors (Lipinski definition) is 2. The molecule has 0 amide bonds. The summed E-state index contributed by atoms with van der Waals surface area (Å²) in [5, 5.41) is 21.9. The van der Waals surface area contributed by atoms with Gasteiger partial charge in [-0.05, 0) is 23.7 Å².